The zero-order valence-electron chi connectivity index (χ0n) is 11.1. The summed E-state index contributed by atoms with van der Waals surface area (Å²) in [5.74, 6) is 0.577. The molecule has 2 heteroatoms. The monoisotopic (exact) mass is 250 g/mol. The molecule has 2 nitrogen and oxygen atoms in total. The van der Waals surface area contributed by atoms with Crippen molar-refractivity contribution in [2.45, 2.75) is 31.8 Å². The highest BCUT2D eigenvalue weighted by Crippen LogP contribution is 2.41. The molecule has 1 aliphatic carbocycles. The maximum atomic E-state index is 5.98. The molecule has 1 aromatic heterocycles. The van der Waals surface area contributed by atoms with Crippen LogP contribution in [-0.4, -0.2) is 10.6 Å². The summed E-state index contributed by atoms with van der Waals surface area (Å²) in [5.41, 5.74) is 10.0. The molecular formula is C17H18N2. The molecule has 96 valence electrons. The Morgan fingerprint density at radius 2 is 1.84 bits per heavy atom. The molecule has 0 amide bonds. The Bertz CT molecular complexity index is 769. The molecule has 2 unspecified atom stereocenters. The summed E-state index contributed by atoms with van der Waals surface area (Å²) in [6, 6.07) is 15.9. The van der Waals surface area contributed by atoms with E-state index in [2.05, 4.69) is 54.0 Å². The van der Waals surface area contributed by atoms with Crippen molar-refractivity contribution in [3.63, 3.8) is 0 Å². The summed E-state index contributed by atoms with van der Waals surface area (Å²) in [6.45, 7) is 3.21. The maximum Gasteiger partial charge on any atom is 0.0491 e. The third-order valence-electron chi connectivity index (χ3n) is 4.38. The Morgan fingerprint density at radius 1 is 1.11 bits per heavy atom. The van der Waals surface area contributed by atoms with Gasteiger partial charge >= 0.3 is 0 Å². The molecular weight excluding hydrogens is 232 g/mol. The number of nitrogens with zero attached hydrogens (tertiary/aromatic N) is 1. The van der Waals surface area contributed by atoms with E-state index in [0.717, 1.165) is 13.0 Å². The molecule has 2 N–H and O–H groups in total. The first-order valence-corrected chi connectivity index (χ1v) is 7.06. The van der Waals surface area contributed by atoms with E-state index < -0.39 is 0 Å². The maximum absolute atomic E-state index is 5.98. The fraction of sp³-hybridized carbons (Fsp3) is 0.294. The van der Waals surface area contributed by atoms with Crippen molar-refractivity contribution in [2.24, 2.45) is 5.73 Å². The van der Waals surface area contributed by atoms with Crippen molar-refractivity contribution < 1.29 is 0 Å². The predicted octanol–water partition coefficient (Wildman–Crippen LogP) is 3.63. The minimum atomic E-state index is 0.372. The number of hydrogen-bond acceptors (Lipinski definition) is 1. The first-order chi connectivity index (χ1) is 9.29. The Kier molecular flexibility index (Phi) is 2.24. The molecule has 2 atom stereocenters. The number of hydrogen-bond donors (Lipinski definition) is 1. The van der Waals surface area contributed by atoms with Gasteiger partial charge in [0.15, 0.2) is 0 Å². The Labute approximate surface area is 112 Å². The average Bonchev–Trinajstić information content (AvgIpc) is 3.09. The summed E-state index contributed by atoms with van der Waals surface area (Å²) in [4.78, 5) is 0. The van der Waals surface area contributed by atoms with Crippen LogP contribution in [0, 0.1) is 0 Å². The number of aromatic nitrogens is 1. The fourth-order valence-corrected chi connectivity index (χ4v) is 3.24. The molecule has 0 radical (unpaired) electrons. The van der Waals surface area contributed by atoms with Crippen molar-refractivity contribution in [1.82, 2.24) is 4.57 Å². The van der Waals surface area contributed by atoms with Gasteiger partial charge in [0, 0.05) is 40.3 Å². The lowest BCUT2D eigenvalue weighted by molar-refractivity contribution is 0.827. The van der Waals surface area contributed by atoms with Crippen molar-refractivity contribution in [3.05, 3.63) is 48.0 Å². The molecule has 0 aliphatic heterocycles. The lowest BCUT2D eigenvalue weighted by atomic mass is 10.1. The fourth-order valence-electron chi connectivity index (χ4n) is 3.24. The molecule has 1 aliphatic rings. The quantitative estimate of drug-likeness (QED) is 0.739. The van der Waals surface area contributed by atoms with E-state index in [9.17, 15) is 0 Å². The molecule has 0 saturated heterocycles. The van der Waals surface area contributed by atoms with Crippen molar-refractivity contribution in [2.75, 3.05) is 0 Å². The van der Waals surface area contributed by atoms with Gasteiger partial charge in [0.25, 0.3) is 0 Å². The van der Waals surface area contributed by atoms with Crippen LogP contribution in [0.2, 0.25) is 0 Å². The smallest absolute Gasteiger partial charge is 0.0491 e. The van der Waals surface area contributed by atoms with Crippen LogP contribution in [-0.2, 0) is 6.54 Å². The second-order valence-corrected chi connectivity index (χ2v) is 5.54. The highest BCUT2D eigenvalue weighted by atomic mass is 15.0. The largest absolute Gasteiger partial charge is 0.341 e. The Hall–Kier alpha value is -1.80. The standard InChI is InChI=1S/C17H18N2/c1-2-19-16-6-4-3-5-12(16)14-9-11(7-8-17(14)19)13-10-15(13)18/h3-9,13,15H,2,10,18H2,1H3. The van der Waals surface area contributed by atoms with Crippen LogP contribution in [0.1, 0.15) is 24.8 Å². The summed E-state index contributed by atoms with van der Waals surface area (Å²) in [5, 5.41) is 2.73. The minimum absolute atomic E-state index is 0.372. The van der Waals surface area contributed by atoms with Crippen LogP contribution in [0.4, 0.5) is 0 Å². The number of fused-ring (bicyclic) bond motifs is 3. The predicted molar refractivity (Wildman–Crippen MR) is 80.5 cm³/mol. The second-order valence-electron chi connectivity index (χ2n) is 5.54. The topological polar surface area (TPSA) is 30.9 Å². The highest BCUT2D eigenvalue weighted by molar-refractivity contribution is 6.08. The molecule has 0 spiro atoms. The Balaban J connectivity index is 2.04. The third kappa shape index (κ3) is 1.53. The summed E-state index contributed by atoms with van der Waals surface area (Å²) >= 11 is 0. The van der Waals surface area contributed by atoms with E-state index in [0.29, 0.717) is 12.0 Å². The van der Waals surface area contributed by atoms with Crippen molar-refractivity contribution in [3.8, 4) is 0 Å². The third-order valence-corrected chi connectivity index (χ3v) is 4.38. The van der Waals surface area contributed by atoms with Crippen molar-refractivity contribution >= 4 is 21.8 Å². The molecule has 2 aromatic carbocycles. The van der Waals surface area contributed by atoms with Gasteiger partial charge in [0.05, 0.1) is 0 Å². The van der Waals surface area contributed by atoms with Gasteiger partial charge in [-0.3, -0.25) is 0 Å². The molecule has 0 bridgehead atoms. The molecule has 1 heterocycles. The zero-order chi connectivity index (χ0) is 13.0. The van der Waals surface area contributed by atoms with E-state index in [4.69, 9.17) is 5.73 Å². The first kappa shape index (κ1) is 11.1. The number of para-hydroxylation sites is 1. The van der Waals surface area contributed by atoms with Crippen LogP contribution < -0.4 is 5.73 Å². The summed E-state index contributed by atoms with van der Waals surface area (Å²) < 4.78 is 2.39. The van der Waals surface area contributed by atoms with E-state index in [1.165, 1.54) is 27.4 Å². The first-order valence-electron chi connectivity index (χ1n) is 7.06. The zero-order valence-corrected chi connectivity index (χ0v) is 11.1. The van der Waals surface area contributed by atoms with Gasteiger partial charge in [0.1, 0.15) is 0 Å². The summed E-state index contributed by atoms with van der Waals surface area (Å²) in [7, 11) is 0. The van der Waals surface area contributed by atoms with Crippen LogP contribution >= 0.6 is 0 Å². The van der Waals surface area contributed by atoms with Gasteiger partial charge in [-0.15, -0.1) is 0 Å². The number of benzene rings is 2. The molecule has 19 heavy (non-hydrogen) atoms. The average molecular weight is 250 g/mol. The van der Waals surface area contributed by atoms with Crippen LogP contribution in [0.3, 0.4) is 0 Å². The van der Waals surface area contributed by atoms with Gasteiger partial charge in [-0.1, -0.05) is 24.3 Å². The number of nitrogens with two attached hydrogens (primary N) is 1. The van der Waals surface area contributed by atoms with E-state index in [1.54, 1.807) is 0 Å². The van der Waals surface area contributed by atoms with Crippen LogP contribution in [0.15, 0.2) is 42.5 Å². The van der Waals surface area contributed by atoms with Gasteiger partial charge in [-0.05, 0) is 37.1 Å². The Morgan fingerprint density at radius 3 is 2.58 bits per heavy atom. The lowest BCUT2D eigenvalue weighted by Gasteiger charge is -2.03. The van der Waals surface area contributed by atoms with E-state index in [1.807, 2.05) is 0 Å². The van der Waals surface area contributed by atoms with E-state index in [-0.39, 0.29) is 0 Å². The summed E-state index contributed by atoms with van der Waals surface area (Å²) in [6.07, 6.45) is 1.14. The normalized spacial score (nSPS) is 22.2. The van der Waals surface area contributed by atoms with Gasteiger partial charge in [-0.2, -0.15) is 0 Å². The molecule has 3 aromatic rings. The molecule has 1 saturated carbocycles. The highest BCUT2D eigenvalue weighted by Gasteiger charge is 2.34. The van der Waals surface area contributed by atoms with Gasteiger partial charge in [-0.25, -0.2) is 0 Å². The second kappa shape index (κ2) is 3.84. The number of aryl methyl sites for hydroxylation is 1. The molecule has 1 fully saturated rings. The van der Waals surface area contributed by atoms with Gasteiger partial charge < -0.3 is 10.3 Å². The van der Waals surface area contributed by atoms with Crippen LogP contribution in [0.5, 0.6) is 0 Å². The van der Waals surface area contributed by atoms with E-state index >= 15 is 0 Å². The number of rotatable bonds is 2. The van der Waals surface area contributed by atoms with Crippen LogP contribution in [0.25, 0.3) is 21.8 Å². The SMILES string of the molecule is CCn1c2ccccc2c2cc(C3CC3N)ccc21. The van der Waals surface area contributed by atoms with Crippen molar-refractivity contribution in [1.29, 1.82) is 0 Å². The molecule has 4 rings (SSSR count). The minimum Gasteiger partial charge on any atom is -0.341 e. The lowest BCUT2D eigenvalue weighted by Crippen LogP contribution is -2.00. The van der Waals surface area contributed by atoms with Gasteiger partial charge in [0.2, 0.25) is 0 Å².